The van der Waals surface area contributed by atoms with E-state index in [4.69, 9.17) is 5.26 Å². The first-order valence-corrected chi connectivity index (χ1v) is 7.69. The van der Waals surface area contributed by atoms with Crippen LogP contribution in [0.2, 0.25) is 0 Å². The van der Waals surface area contributed by atoms with Crippen LogP contribution in [0.1, 0.15) is 13.3 Å². The molecule has 0 aliphatic rings. The highest BCUT2D eigenvalue weighted by Crippen LogP contribution is 2.28. The maximum Gasteiger partial charge on any atom is 0.252 e. The third-order valence-electron chi connectivity index (χ3n) is 1.97. The summed E-state index contributed by atoms with van der Waals surface area (Å²) >= 11 is 4.41. The van der Waals surface area contributed by atoms with E-state index in [0.29, 0.717) is 10.8 Å². The maximum absolute atomic E-state index is 12.1. The molecule has 0 saturated carbocycles. The smallest absolute Gasteiger partial charge is 0.206 e. The molecule has 0 spiro atoms. The number of thiophene rings is 1. The lowest BCUT2D eigenvalue weighted by atomic mass is 10.5. The van der Waals surface area contributed by atoms with Crippen molar-refractivity contribution in [3.8, 4) is 6.07 Å². The van der Waals surface area contributed by atoms with Gasteiger partial charge in [-0.05, 0) is 28.1 Å². The molecule has 1 rings (SSSR count). The number of halogens is 1. The van der Waals surface area contributed by atoms with E-state index < -0.39 is 10.0 Å². The van der Waals surface area contributed by atoms with E-state index in [2.05, 4.69) is 15.9 Å². The summed E-state index contributed by atoms with van der Waals surface area (Å²) < 4.78 is 26.6. The molecule has 0 bridgehead atoms. The minimum Gasteiger partial charge on any atom is -0.206 e. The predicted octanol–water partition coefficient (Wildman–Crippen LogP) is 2.43. The maximum atomic E-state index is 12.1. The van der Waals surface area contributed by atoms with Gasteiger partial charge >= 0.3 is 0 Å². The summed E-state index contributed by atoms with van der Waals surface area (Å²) in [5.41, 5.74) is 0. The average Bonchev–Trinajstić information content (AvgIpc) is 2.66. The second-order valence-electron chi connectivity index (χ2n) is 2.96. The normalized spacial score (nSPS) is 11.6. The summed E-state index contributed by atoms with van der Waals surface area (Å²) in [6, 6.07) is 5.22. The molecule has 0 aliphatic carbocycles. The fourth-order valence-electron chi connectivity index (χ4n) is 1.19. The van der Waals surface area contributed by atoms with Crippen molar-refractivity contribution in [2.75, 3.05) is 13.1 Å². The lowest BCUT2D eigenvalue weighted by Gasteiger charge is -2.17. The summed E-state index contributed by atoms with van der Waals surface area (Å²) in [4.78, 5) is 0. The van der Waals surface area contributed by atoms with Gasteiger partial charge in [-0.2, -0.15) is 9.57 Å². The molecule has 0 unspecified atom stereocenters. The molecule has 0 saturated heterocycles. The molecule has 1 aromatic rings. The van der Waals surface area contributed by atoms with Crippen molar-refractivity contribution < 1.29 is 8.42 Å². The second kappa shape index (κ2) is 5.77. The van der Waals surface area contributed by atoms with E-state index in [-0.39, 0.29) is 13.0 Å². The van der Waals surface area contributed by atoms with E-state index in [9.17, 15) is 8.42 Å². The summed E-state index contributed by atoms with van der Waals surface area (Å²) in [6.45, 7) is 2.38. The number of hydrogen-bond acceptors (Lipinski definition) is 4. The van der Waals surface area contributed by atoms with Crippen molar-refractivity contribution >= 4 is 37.3 Å². The van der Waals surface area contributed by atoms with Gasteiger partial charge < -0.3 is 0 Å². The molecule has 0 fully saturated rings. The van der Waals surface area contributed by atoms with Crippen LogP contribution in [-0.2, 0) is 10.0 Å². The molecule has 1 heterocycles. The largest absolute Gasteiger partial charge is 0.252 e. The highest BCUT2D eigenvalue weighted by molar-refractivity contribution is 9.11. The number of hydrogen-bond donors (Lipinski definition) is 0. The number of sulfonamides is 1. The Labute approximate surface area is 108 Å². The topological polar surface area (TPSA) is 61.2 Å². The second-order valence-corrected chi connectivity index (χ2v) is 7.59. The van der Waals surface area contributed by atoms with Gasteiger partial charge in [0, 0.05) is 19.5 Å². The lowest BCUT2D eigenvalue weighted by Crippen LogP contribution is -2.31. The molecule has 0 aromatic carbocycles. The molecule has 0 atom stereocenters. The molecule has 4 nitrogen and oxygen atoms in total. The first-order chi connectivity index (χ1) is 7.52. The third-order valence-corrected chi connectivity index (χ3v) is 6.03. The predicted molar refractivity (Wildman–Crippen MR) is 66.7 cm³/mol. The highest BCUT2D eigenvalue weighted by Gasteiger charge is 2.24. The Balaban J connectivity index is 2.96. The van der Waals surface area contributed by atoms with E-state index >= 15 is 0 Å². The fourth-order valence-corrected chi connectivity index (χ4v) is 4.80. The van der Waals surface area contributed by atoms with Crippen molar-refractivity contribution in [2.24, 2.45) is 0 Å². The molecule has 16 heavy (non-hydrogen) atoms. The monoisotopic (exact) mass is 322 g/mol. The molecular formula is C9H11BrN2O2S2. The zero-order chi connectivity index (χ0) is 12.2. The van der Waals surface area contributed by atoms with Crippen LogP contribution in [0.3, 0.4) is 0 Å². The van der Waals surface area contributed by atoms with Gasteiger partial charge in [0.1, 0.15) is 4.21 Å². The van der Waals surface area contributed by atoms with Crippen molar-refractivity contribution in [3.05, 3.63) is 15.9 Å². The molecule has 0 N–H and O–H groups in total. The number of nitriles is 1. The van der Waals surface area contributed by atoms with E-state index in [1.807, 2.05) is 6.07 Å². The van der Waals surface area contributed by atoms with Crippen LogP contribution in [0.25, 0.3) is 0 Å². The van der Waals surface area contributed by atoms with Gasteiger partial charge in [0.2, 0.25) is 0 Å². The molecule has 0 aliphatic heterocycles. The van der Waals surface area contributed by atoms with E-state index in [1.54, 1.807) is 19.1 Å². The molecule has 0 radical (unpaired) electrons. The minimum absolute atomic E-state index is 0.208. The van der Waals surface area contributed by atoms with Crippen molar-refractivity contribution in [2.45, 2.75) is 17.6 Å². The quantitative estimate of drug-likeness (QED) is 0.836. The Hall–Kier alpha value is -0.420. The molecule has 0 amide bonds. The Morgan fingerprint density at radius 3 is 2.69 bits per heavy atom. The van der Waals surface area contributed by atoms with Crippen LogP contribution in [0.15, 0.2) is 20.1 Å². The summed E-state index contributed by atoms with van der Waals surface area (Å²) in [5.74, 6) is 0. The Kier molecular flexibility index (Phi) is 4.92. The summed E-state index contributed by atoms with van der Waals surface area (Å²) in [5, 5.41) is 8.47. The van der Waals surface area contributed by atoms with E-state index in [1.165, 1.54) is 15.6 Å². The fraction of sp³-hybridized carbons (Fsp3) is 0.444. The van der Waals surface area contributed by atoms with Gasteiger partial charge in [0.25, 0.3) is 10.0 Å². The van der Waals surface area contributed by atoms with Crippen LogP contribution >= 0.6 is 27.3 Å². The van der Waals surface area contributed by atoms with E-state index in [0.717, 1.165) is 3.79 Å². The van der Waals surface area contributed by atoms with Crippen molar-refractivity contribution in [1.29, 1.82) is 5.26 Å². The van der Waals surface area contributed by atoms with Gasteiger partial charge in [-0.3, -0.25) is 0 Å². The first-order valence-electron chi connectivity index (χ1n) is 4.64. The molecule has 1 aromatic heterocycles. The van der Waals surface area contributed by atoms with Crippen molar-refractivity contribution in [1.82, 2.24) is 4.31 Å². The van der Waals surface area contributed by atoms with Gasteiger partial charge in [-0.25, -0.2) is 8.42 Å². The number of rotatable bonds is 5. The molecule has 88 valence electrons. The molecular weight excluding hydrogens is 312 g/mol. The summed E-state index contributed by atoms with van der Waals surface area (Å²) in [7, 11) is -3.43. The van der Waals surface area contributed by atoms with Gasteiger partial charge in [0.15, 0.2) is 0 Å². The zero-order valence-corrected chi connectivity index (χ0v) is 11.9. The van der Waals surface area contributed by atoms with Crippen LogP contribution < -0.4 is 0 Å². The van der Waals surface area contributed by atoms with Gasteiger partial charge in [-0.15, -0.1) is 11.3 Å². The van der Waals surface area contributed by atoms with Crippen LogP contribution in [0.4, 0.5) is 0 Å². The Morgan fingerprint density at radius 2 is 2.25 bits per heavy atom. The standard InChI is InChI=1S/C9H11BrN2O2S2/c1-2-12(7-3-6-11)16(13,14)9-5-4-8(10)15-9/h4-5H,2-3,7H2,1H3. The zero-order valence-electron chi connectivity index (χ0n) is 8.68. The van der Waals surface area contributed by atoms with Crippen LogP contribution in [0, 0.1) is 11.3 Å². The van der Waals surface area contributed by atoms with Crippen LogP contribution in [-0.4, -0.2) is 25.8 Å². The molecule has 7 heteroatoms. The average molecular weight is 323 g/mol. The first kappa shape index (κ1) is 13.6. The minimum atomic E-state index is -3.43. The van der Waals surface area contributed by atoms with Gasteiger partial charge in [0.05, 0.1) is 9.86 Å². The SMILES string of the molecule is CCN(CCC#N)S(=O)(=O)c1ccc(Br)s1. The summed E-state index contributed by atoms with van der Waals surface area (Å²) in [6.07, 6.45) is 0.208. The van der Waals surface area contributed by atoms with Crippen molar-refractivity contribution in [3.63, 3.8) is 0 Å². The Bertz CT molecular complexity index is 490. The van der Waals surface area contributed by atoms with Gasteiger partial charge in [-0.1, -0.05) is 6.92 Å². The highest BCUT2D eigenvalue weighted by atomic mass is 79.9. The Morgan fingerprint density at radius 1 is 1.56 bits per heavy atom. The lowest BCUT2D eigenvalue weighted by molar-refractivity contribution is 0.436. The number of nitrogens with zero attached hydrogens (tertiary/aromatic N) is 2. The van der Waals surface area contributed by atoms with Crippen LogP contribution in [0.5, 0.6) is 0 Å². The third kappa shape index (κ3) is 3.04.